The van der Waals surface area contributed by atoms with E-state index >= 15 is 0 Å². The third kappa shape index (κ3) is 9.69. The van der Waals surface area contributed by atoms with Crippen molar-refractivity contribution in [3.05, 3.63) is 0 Å². The van der Waals surface area contributed by atoms with E-state index in [4.69, 9.17) is 9.84 Å². The number of carbonyl (C=O) groups is 1. The fourth-order valence-corrected chi connectivity index (χ4v) is 1.25. The maximum absolute atomic E-state index is 10.5. The van der Waals surface area contributed by atoms with Crippen molar-refractivity contribution in [1.82, 2.24) is 4.90 Å². The molecule has 0 radical (unpaired) electrons. The first kappa shape index (κ1) is 14.4. The van der Waals surface area contributed by atoms with E-state index in [1.165, 1.54) is 0 Å². The van der Waals surface area contributed by atoms with Gasteiger partial charge in [-0.25, -0.2) is 0 Å². The minimum absolute atomic E-state index is 0.210. The summed E-state index contributed by atoms with van der Waals surface area (Å²) in [6.07, 6.45) is 1.31. The van der Waals surface area contributed by atoms with Crippen molar-refractivity contribution in [2.45, 2.75) is 26.7 Å². The van der Waals surface area contributed by atoms with Gasteiger partial charge in [0.25, 0.3) is 0 Å². The van der Waals surface area contributed by atoms with Gasteiger partial charge in [0.2, 0.25) is 0 Å². The van der Waals surface area contributed by atoms with Crippen LogP contribution < -0.4 is 0 Å². The van der Waals surface area contributed by atoms with Gasteiger partial charge >= 0.3 is 5.97 Å². The Kier molecular flexibility index (Phi) is 8.33. The number of aliphatic carboxylic acids is 1. The summed E-state index contributed by atoms with van der Waals surface area (Å²) >= 11 is 0. The highest BCUT2D eigenvalue weighted by atomic mass is 16.5. The summed E-state index contributed by atoms with van der Waals surface area (Å²) in [5, 5.41) is 8.61. The van der Waals surface area contributed by atoms with E-state index < -0.39 is 5.97 Å². The van der Waals surface area contributed by atoms with Gasteiger partial charge in [0.15, 0.2) is 0 Å². The maximum atomic E-state index is 10.5. The van der Waals surface area contributed by atoms with Gasteiger partial charge in [-0.1, -0.05) is 13.8 Å². The van der Waals surface area contributed by atoms with Gasteiger partial charge in [-0.2, -0.15) is 0 Å². The minimum atomic E-state index is -0.734. The molecule has 90 valence electrons. The molecular formula is C11H23NO3. The van der Waals surface area contributed by atoms with Crippen LogP contribution in [0.15, 0.2) is 0 Å². The lowest BCUT2D eigenvalue weighted by Gasteiger charge is -2.21. The van der Waals surface area contributed by atoms with Crippen LogP contribution in [0.25, 0.3) is 0 Å². The Bertz CT molecular complexity index is 171. The van der Waals surface area contributed by atoms with Crippen molar-refractivity contribution >= 4 is 5.97 Å². The summed E-state index contributed by atoms with van der Waals surface area (Å²) in [6, 6.07) is 0. The van der Waals surface area contributed by atoms with Gasteiger partial charge < -0.3 is 14.7 Å². The molecule has 0 aliphatic heterocycles. The van der Waals surface area contributed by atoms with Gasteiger partial charge in [0.1, 0.15) is 0 Å². The Morgan fingerprint density at radius 3 is 2.47 bits per heavy atom. The molecule has 0 heterocycles. The molecule has 1 N–H and O–H groups in total. The quantitative estimate of drug-likeness (QED) is 0.635. The summed E-state index contributed by atoms with van der Waals surface area (Å²) in [5.74, 6) is -0.0816. The molecule has 0 unspecified atom stereocenters. The van der Waals surface area contributed by atoms with Crippen molar-refractivity contribution in [3.8, 4) is 0 Å². The van der Waals surface area contributed by atoms with Gasteiger partial charge in [-0.3, -0.25) is 4.79 Å². The number of hydrogen-bond acceptors (Lipinski definition) is 3. The smallest absolute Gasteiger partial charge is 0.304 e. The number of carboxylic acid groups (broad SMARTS) is 1. The van der Waals surface area contributed by atoms with E-state index in [0.29, 0.717) is 19.1 Å². The zero-order valence-corrected chi connectivity index (χ0v) is 10.0. The Hall–Kier alpha value is -0.610. The molecule has 0 aromatic heterocycles. The van der Waals surface area contributed by atoms with E-state index in [1.807, 2.05) is 0 Å². The molecule has 0 atom stereocenters. The predicted octanol–water partition coefficient (Wildman–Crippen LogP) is 1.46. The van der Waals surface area contributed by atoms with Gasteiger partial charge in [0, 0.05) is 20.2 Å². The third-order valence-electron chi connectivity index (χ3n) is 2.28. The molecule has 0 aromatic carbocycles. The summed E-state index contributed by atoms with van der Waals surface area (Å²) in [7, 11) is 1.66. The van der Waals surface area contributed by atoms with Crippen LogP contribution in [0, 0.1) is 5.92 Å². The van der Waals surface area contributed by atoms with Crippen molar-refractivity contribution in [3.63, 3.8) is 0 Å². The summed E-state index contributed by atoms with van der Waals surface area (Å²) in [4.78, 5) is 12.6. The summed E-state index contributed by atoms with van der Waals surface area (Å²) in [5.41, 5.74) is 0. The standard InChI is InChI=1S/C11H23NO3/c1-10(2)4-6-12(8-9-15-3)7-5-11(13)14/h10H,4-9H2,1-3H3,(H,13,14). The van der Waals surface area contributed by atoms with Gasteiger partial charge in [-0.05, 0) is 18.9 Å². The molecule has 0 amide bonds. The maximum Gasteiger partial charge on any atom is 0.304 e. The van der Waals surface area contributed by atoms with E-state index in [9.17, 15) is 4.79 Å². The Morgan fingerprint density at radius 2 is 2.00 bits per heavy atom. The average Bonchev–Trinajstić information content (AvgIpc) is 2.16. The largest absolute Gasteiger partial charge is 0.481 e. The van der Waals surface area contributed by atoms with Gasteiger partial charge in [-0.15, -0.1) is 0 Å². The van der Waals surface area contributed by atoms with Crippen LogP contribution in [0.2, 0.25) is 0 Å². The molecule has 0 saturated carbocycles. The molecule has 0 saturated heterocycles. The summed E-state index contributed by atoms with van der Waals surface area (Å²) in [6.45, 7) is 7.39. The SMILES string of the molecule is COCCN(CCC(=O)O)CCC(C)C. The van der Waals surface area contributed by atoms with Crippen molar-refractivity contribution in [1.29, 1.82) is 0 Å². The van der Waals surface area contributed by atoms with E-state index in [2.05, 4.69) is 18.7 Å². The fraction of sp³-hybridized carbons (Fsp3) is 0.909. The van der Waals surface area contributed by atoms with E-state index in [-0.39, 0.29) is 6.42 Å². The van der Waals surface area contributed by atoms with Crippen LogP contribution in [0.3, 0.4) is 0 Å². The van der Waals surface area contributed by atoms with E-state index in [1.54, 1.807) is 7.11 Å². The number of rotatable bonds is 9. The van der Waals surface area contributed by atoms with Crippen molar-refractivity contribution < 1.29 is 14.6 Å². The lowest BCUT2D eigenvalue weighted by atomic mass is 10.1. The number of carboxylic acids is 1. The molecule has 0 fully saturated rings. The molecule has 4 heteroatoms. The second kappa shape index (κ2) is 8.68. The third-order valence-corrected chi connectivity index (χ3v) is 2.28. The van der Waals surface area contributed by atoms with Gasteiger partial charge in [0.05, 0.1) is 13.0 Å². The molecule has 0 bridgehead atoms. The Labute approximate surface area is 92.2 Å². The highest BCUT2D eigenvalue weighted by molar-refractivity contribution is 5.66. The second-order valence-corrected chi connectivity index (χ2v) is 4.16. The molecule has 0 aliphatic carbocycles. The normalized spacial score (nSPS) is 11.3. The lowest BCUT2D eigenvalue weighted by molar-refractivity contribution is -0.137. The fourth-order valence-electron chi connectivity index (χ4n) is 1.25. The lowest BCUT2D eigenvalue weighted by Crippen LogP contribution is -2.31. The van der Waals surface area contributed by atoms with E-state index in [0.717, 1.165) is 19.5 Å². The molecule has 0 rings (SSSR count). The molecule has 15 heavy (non-hydrogen) atoms. The van der Waals surface area contributed by atoms with Crippen LogP contribution in [0.4, 0.5) is 0 Å². The molecular weight excluding hydrogens is 194 g/mol. The predicted molar refractivity (Wildman–Crippen MR) is 60.0 cm³/mol. The first-order valence-electron chi connectivity index (χ1n) is 5.49. The minimum Gasteiger partial charge on any atom is -0.481 e. The second-order valence-electron chi connectivity index (χ2n) is 4.16. The molecule has 0 aromatic rings. The Balaban J connectivity index is 3.77. The average molecular weight is 217 g/mol. The summed E-state index contributed by atoms with van der Waals surface area (Å²) < 4.78 is 5.00. The number of methoxy groups -OCH3 is 1. The first-order valence-corrected chi connectivity index (χ1v) is 5.49. The molecule has 4 nitrogen and oxygen atoms in total. The highest BCUT2D eigenvalue weighted by Crippen LogP contribution is 2.02. The van der Waals surface area contributed by atoms with Crippen LogP contribution >= 0.6 is 0 Å². The topological polar surface area (TPSA) is 49.8 Å². The first-order chi connectivity index (χ1) is 7.06. The van der Waals surface area contributed by atoms with Crippen LogP contribution in [-0.2, 0) is 9.53 Å². The molecule has 0 aliphatic rings. The monoisotopic (exact) mass is 217 g/mol. The van der Waals surface area contributed by atoms with Crippen molar-refractivity contribution in [2.75, 3.05) is 33.4 Å². The number of ether oxygens (including phenoxy) is 1. The number of nitrogens with zero attached hydrogens (tertiary/aromatic N) is 1. The Morgan fingerprint density at radius 1 is 1.33 bits per heavy atom. The molecule has 0 spiro atoms. The number of hydrogen-bond donors (Lipinski definition) is 1. The highest BCUT2D eigenvalue weighted by Gasteiger charge is 2.07. The van der Waals surface area contributed by atoms with Crippen LogP contribution in [0.1, 0.15) is 26.7 Å². The van der Waals surface area contributed by atoms with Crippen molar-refractivity contribution in [2.24, 2.45) is 5.92 Å². The zero-order valence-electron chi connectivity index (χ0n) is 10.0. The van der Waals surface area contributed by atoms with Crippen LogP contribution in [-0.4, -0.2) is 49.3 Å². The van der Waals surface area contributed by atoms with Crippen LogP contribution in [0.5, 0.6) is 0 Å². The zero-order chi connectivity index (χ0) is 11.7.